The van der Waals surface area contributed by atoms with Gasteiger partial charge < -0.3 is 20.8 Å². The summed E-state index contributed by atoms with van der Waals surface area (Å²) in [6.45, 7) is 0. The Balaban J connectivity index is 1.66. The number of benzene rings is 1. The van der Waals surface area contributed by atoms with Crippen molar-refractivity contribution in [3.63, 3.8) is 0 Å². The number of aromatic nitrogens is 2. The molecule has 12 heteroatoms. The van der Waals surface area contributed by atoms with Gasteiger partial charge in [0, 0.05) is 24.4 Å². The monoisotopic (exact) mass is 523 g/mol. The molecule has 0 aliphatic carbocycles. The van der Waals surface area contributed by atoms with Crippen molar-refractivity contribution >= 4 is 35.6 Å². The fourth-order valence-corrected chi connectivity index (χ4v) is 4.64. The third kappa shape index (κ3) is 5.83. The minimum absolute atomic E-state index is 0.00575. The van der Waals surface area contributed by atoms with Crippen LogP contribution in [0.25, 0.3) is 17.0 Å². The van der Waals surface area contributed by atoms with Crippen molar-refractivity contribution in [1.82, 2.24) is 25.3 Å². The maximum absolute atomic E-state index is 14.3. The van der Waals surface area contributed by atoms with Crippen LogP contribution in [0.3, 0.4) is 0 Å². The fraction of sp³-hybridized carbons (Fsp3) is 0.0833. The molecule has 0 radical (unpaired) electrons. The predicted molar refractivity (Wildman–Crippen MR) is 137 cm³/mol. The van der Waals surface area contributed by atoms with Crippen LogP contribution in [0.2, 0.25) is 0 Å². The maximum Gasteiger partial charge on any atom is 0.224 e. The number of halogens is 2. The zero-order valence-corrected chi connectivity index (χ0v) is 20.4. The van der Waals surface area contributed by atoms with Crippen LogP contribution < -0.4 is 20.1 Å². The highest BCUT2D eigenvalue weighted by Crippen LogP contribution is 2.34. The van der Waals surface area contributed by atoms with E-state index in [-0.39, 0.29) is 28.2 Å². The quantitative estimate of drug-likeness (QED) is 0.175. The molecule has 0 saturated heterocycles. The van der Waals surface area contributed by atoms with E-state index in [9.17, 15) is 14.0 Å². The minimum Gasteiger partial charge on any atom is -0.454 e. The average molecular weight is 524 g/mol. The van der Waals surface area contributed by atoms with Crippen molar-refractivity contribution in [2.75, 3.05) is 7.05 Å². The zero-order chi connectivity index (χ0) is 25.5. The lowest BCUT2D eigenvalue weighted by Crippen LogP contribution is -2.28. The molecule has 1 aromatic carbocycles. The van der Waals surface area contributed by atoms with Crippen LogP contribution in [0.1, 0.15) is 11.3 Å². The van der Waals surface area contributed by atoms with Gasteiger partial charge in [-0.05, 0) is 65.9 Å². The van der Waals surface area contributed by atoms with Gasteiger partial charge in [-0.25, -0.2) is 9.71 Å². The van der Waals surface area contributed by atoms with Crippen LogP contribution in [0.4, 0.5) is 8.78 Å². The molecule has 0 saturated carbocycles. The first-order valence-electron chi connectivity index (χ1n) is 10.5. The van der Waals surface area contributed by atoms with E-state index >= 15 is 0 Å². The van der Waals surface area contributed by atoms with E-state index in [2.05, 4.69) is 31.4 Å². The molecule has 4 N–H and O–H groups in total. The number of nitrogens with one attached hydrogen (secondary N) is 4. The Morgan fingerprint density at radius 2 is 2.06 bits per heavy atom. The van der Waals surface area contributed by atoms with Crippen molar-refractivity contribution in [2.45, 2.75) is 10.4 Å². The van der Waals surface area contributed by atoms with E-state index in [1.165, 1.54) is 30.2 Å². The summed E-state index contributed by atoms with van der Waals surface area (Å²) in [6, 6.07) is 12.7. The van der Waals surface area contributed by atoms with E-state index in [0.29, 0.717) is 17.0 Å². The van der Waals surface area contributed by atoms with E-state index in [1.807, 2.05) is 17.7 Å². The fourth-order valence-electron chi connectivity index (χ4n) is 3.17. The number of allylic oxidation sites excluding steroid dienone is 1. The molecule has 0 bridgehead atoms. The van der Waals surface area contributed by atoms with Gasteiger partial charge in [0.2, 0.25) is 11.9 Å². The SMILES string of the molecule is CN/C(=C\C=N)c1nc(-c2ccc(F)nc2F)ccc1Oc1ccc(SNC2NC=CS2)cc1C#N. The lowest BCUT2D eigenvalue weighted by molar-refractivity contribution is 0.476. The molecule has 1 atom stereocenters. The maximum atomic E-state index is 14.3. The molecule has 0 fully saturated rings. The van der Waals surface area contributed by atoms with Crippen molar-refractivity contribution in [2.24, 2.45) is 0 Å². The van der Waals surface area contributed by atoms with Gasteiger partial charge in [0.1, 0.15) is 23.0 Å². The third-order valence-corrected chi connectivity index (χ3v) is 6.64. The van der Waals surface area contributed by atoms with Crippen molar-refractivity contribution < 1.29 is 13.5 Å². The molecule has 0 spiro atoms. The number of hydrogen-bond acceptors (Lipinski definition) is 10. The van der Waals surface area contributed by atoms with E-state index in [1.54, 1.807) is 37.0 Å². The van der Waals surface area contributed by atoms with Gasteiger partial charge in [0.25, 0.3) is 0 Å². The van der Waals surface area contributed by atoms with Gasteiger partial charge in [-0.2, -0.15) is 19.0 Å². The first-order valence-corrected chi connectivity index (χ1v) is 12.2. The highest BCUT2D eigenvalue weighted by Gasteiger charge is 2.18. The molecule has 8 nitrogen and oxygen atoms in total. The zero-order valence-electron chi connectivity index (χ0n) is 18.8. The molecule has 182 valence electrons. The lowest BCUT2D eigenvalue weighted by Gasteiger charge is -2.16. The number of pyridine rings is 2. The Morgan fingerprint density at radius 3 is 2.75 bits per heavy atom. The number of nitriles is 1. The summed E-state index contributed by atoms with van der Waals surface area (Å²) in [7, 11) is 1.64. The predicted octanol–water partition coefficient (Wildman–Crippen LogP) is 4.98. The van der Waals surface area contributed by atoms with Crippen LogP contribution in [-0.2, 0) is 0 Å². The second-order valence-corrected chi connectivity index (χ2v) is 9.02. The molecule has 1 aliphatic heterocycles. The van der Waals surface area contributed by atoms with E-state index in [0.717, 1.165) is 17.2 Å². The number of ether oxygens (including phenoxy) is 1. The van der Waals surface area contributed by atoms with Gasteiger partial charge in [0.05, 0.1) is 22.5 Å². The van der Waals surface area contributed by atoms with Gasteiger partial charge in [-0.3, -0.25) is 0 Å². The number of thioether (sulfide) groups is 1. The molecule has 1 aliphatic rings. The molecule has 1 unspecified atom stereocenters. The van der Waals surface area contributed by atoms with Crippen molar-refractivity contribution in [3.05, 3.63) is 83.3 Å². The molecule has 36 heavy (non-hydrogen) atoms. The van der Waals surface area contributed by atoms with Crippen LogP contribution in [0.15, 0.2) is 65.0 Å². The van der Waals surface area contributed by atoms with Crippen LogP contribution >= 0.6 is 23.7 Å². The van der Waals surface area contributed by atoms with Crippen molar-refractivity contribution in [1.29, 1.82) is 10.7 Å². The normalized spacial score (nSPS) is 14.7. The van der Waals surface area contributed by atoms with Crippen LogP contribution in [0.5, 0.6) is 11.5 Å². The van der Waals surface area contributed by atoms with Gasteiger partial charge in [0.15, 0.2) is 5.75 Å². The summed E-state index contributed by atoms with van der Waals surface area (Å²) in [5.41, 5.74) is 1.22. The van der Waals surface area contributed by atoms with Crippen molar-refractivity contribution in [3.8, 4) is 28.8 Å². The third-order valence-electron chi connectivity index (χ3n) is 4.83. The Labute approximate surface area is 214 Å². The highest BCUT2D eigenvalue weighted by molar-refractivity contribution is 8.04. The summed E-state index contributed by atoms with van der Waals surface area (Å²) in [6.07, 6.45) is 4.38. The minimum atomic E-state index is -1.00. The first kappa shape index (κ1) is 25.2. The van der Waals surface area contributed by atoms with E-state index < -0.39 is 11.9 Å². The van der Waals surface area contributed by atoms with Gasteiger partial charge in [-0.1, -0.05) is 11.8 Å². The van der Waals surface area contributed by atoms with Gasteiger partial charge in [-0.15, -0.1) is 0 Å². The standard InChI is InChI=1S/C24H19F2N7OS2/c1-29-18(8-9-27)22-20(6-4-17(31-22)16-3-7-21(25)32-23(16)26)34-19-5-2-15(12-14(19)13-28)36-33-24-30-10-11-35-24/h2-12,24,27,29-30,33H,1H3/b18-8-,27-9?. The summed E-state index contributed by atoms with van der Waals surface area (Å²) < 4.78 is 36.9. The Kier molecular flexibility index (Phi) is 8.17. The molecule has 3 heterocycles. The molecular formula is C24H19F2N7OS2. The molecule has 4 rings (SSSR count). The lowest BCUT2D eigenvalue weighted by atomic mass is 10.1. The highest BCUT2D eigenvalue weighted by atomic mass is 32.2. The summed E-state index contributed by atoms with van der Waals surface area (Å²) in [5, 5.41) is 25.2. The first-order chi connectivity index (χ1) is 17.5. The summed E-state index contributed by atoms with van der Waals surface area (Å²) in [4.78, 5) is 8.53. The van der Waals surface area contributed by atoms with Crippen LogP contribution in [0, 0.1) is 28.6 Å². The Morgan fingerprint density at radius 1 is 1.22 bits per heavy atom. The Hall–Kier alpha value is -3.92. The molecule has 0 amide bonds. The molecule has 3 aromatic rings. The largest absolute Gasteiger partial charge is 0.454 e. The van der Waals surface area contributed by atoms with Gasteiger partial charge >= 0.3 is 0 Å². The Bertz CT molecular complexity index is 1380. The van der Waals surface area contributed by atoms with Crippen LogP contribution in [-0.4, -0.2) is 28.7 Å². The summed E-state index contributed by atoms with van der Waals surface area (Å²) in [5.74, 6) is -1.37. The second-order valence-electron chi connectivity index (χ2n) is 7.09. The average Bonchev–Trinajstić information content (AvgIpc) is 3.41. The topological polar surface area (TPSA) is 119 Å². The second kappa shape index (κ2) is 11.7. The molecule has 2 aromatic heterocycles. The number of rotatable bonds is 9. The number of nitrogens with zero attached hydrogens (tertiary/aromatic N) is 3. The number of hydrogen-bond donors (Lipinski definition) is 4. The molecular weight excluding hydrogens is 504 g/mol. The smallest absolute Gasteiger partial charge is 0.224 e. The summed E-state index contributed by atoms with van der Waals surface area (Å²) >= 11 is 2.97. The van der Waals surface area contributed by atoms with E-state index in [4.69, 9.17) is 10.1 Å².